The normalized spacial score (nSPS) is 10.1. The number of esters is 1. The molecule has 0 spiro atoms. The summed E-state index contributed by atoms with van der Waals surface area (Å²) in [6.45, 7) is 0. The molecule has 102 valence electrons. The van der Waals surface area contributed by atoms with Gasteiger partial charge in [-0.25, -0.2) is 19.0 Å². The summed E-state index contributed by atoms with van der Waals surface area (Å²) in [6.07, 6.45) is 0. The van der Waals surface area contributed by atoms with Crippen LogP contribution in [0, 0.1) is 5.82 Å². The van der Waals surface area contributed by atoms with Gasteiger partial charge in [-0.15, -0.1) is 0 Å². The molecule has 1 heterocycles. The Hall–Kier alpha value is -2.76. The summed E-state index contributed by atoms with van der Waals surface area (Å²) in [6, 6.07) is 8.23. The first kappa shape index (κ1) is 13.7. The van der Waals surface area contributed by atoms with Gasteiger partial charge < -0.3 is 9.84 Å². The molecule has 1 N–H and O–H groups in total. The number of carboxylic acids is 1. The third-order valence-electron chi connectivity index (χ3n) is 2.64. The number of carbonyl (C=O) groups is 2. The van der Waals surface area contributed by atoms with Gasteiger partial charge in [0.15, 0.2) is 5.69 Å². The maximum atomic E-state index is 12.8. The van der Waals surface area contributed by atoms with E-state index < -0.39 is 23.4 Å². The van der Waals surface area contributed by atoms with E-state index in [9.17, 15) is 14.0 Å². The number of ether oxygens (including phenoxy) is 1. The summed E-state index contributed by atoms with van der Waals surface area (Å²) in [5.74, 6) is -2.52. The summed E-state index contributed by atoms with van der Waals surface area (Å²) < 4.78 is 17.3. The fraction of sp³-hybridized carbons (Fsp3) is 0.0714. The monoisotopic (exact) mass is 275 g/mol. The first-order valence-corrected chi connectivity index (χ1v) is 5.61. The molecular formula is C14H10FNO4. The Morgan fingerprint density at radius 1 is 1.15 bits per heavy atom. The van der Waals surface area contributed by atoms with Crippen molar-refractivity contribution < 1.29 is 23.8 Å². The van der Waals surface area contributed by atoms with Crippen molar-refractivity contribution in [3.63, 3.8) is 0 Å². The Morgan fingerprint density at radius 2 is 1.80 bits per heavy atom. The quantitative estimate of drug-likeness (QED) is 0.870. The molecule has 20 heavy (non-hydrogen) atoms. The van der Waals surface area contributed by atoms with Crippen molar-refractivity contribution in [2.75, 3.05) is 7.11 Å². The van der Waals surface area contributed by atoms with Crippen LogP contribution in [0.4, 0.5) is 4.39 Å². The van der Waals surface area contributed by atoms with Crippen molar-refractivity contribution in [2.45, 2.75) is 0 Å². The van der Waals surface area contributed by atoms with Crippen molar-refractivity contribution in [3.8, 4) is 11.3 Å². The lowest BCUT2D eigenvalue weighted by Crippen LogP contribution is -2.12. The molecule has 0 saturated heterocycles. The van der Waals surface area contributed by atoms with Gasteiger partial charge in [-0.3, -0.25) is 0 Å². The Morgan fingerprint density at radius 3 is 2.35 bits per heavy atom. The predicted octanol–water partition coefficient (Wildman–Crippen LogP) is 2.37. The number of aromatic carboxylic acids is 1. The molecule has 0 aliphatic rings. The molecule has 2 rings (SSSR count). The summed E-state index contributed by atoms with van der Waals surface area (Å²) >= 11 is 0. The number of hydrogen-bond acceptors (Lipinski definition) is 4. The van der Waals surface area contributed by atoms with Gasteiger partial charge in [0.25, 0.3) is 0 Å². The topological polar surface area (TPSA) is 76.5 Å². The molecule has 6 heteroatoms. The molecule has 0 fully saturated rings. The van der Waals surface area contributed by atoms with E-state index in [1.54, 1.807) is 0 Å². The average Bonchev–Trinajstić information content (AvgIpc) is 2.46. The molecule has 0 radical (unpaired) electrons. The first-order chi connectivity index (χ1) is 9.52. The van der Waals surface area contributed by atoms with E-state index in [1.165, 1.54) is 36.4 Å². The summed E-state index contributed by atoms with van der Waals surface area (Å²) in [5.41, 5.74) is 0.338. The molecule has 0 aliphatic carbocycles. The number of carboxylic acid groups (broad SMARTS) is 1. The Kier molecular flexibility index (Phi) is 3.74. The first-order valence-electron chi connectivity index (χ1n) is 5.61. The van der Waals surface area contributed by atoms with Crippen LogP contribution in [0.2, 0.25) is 0 Å². The number of rotatable bonds is 3. The molecule has 5 nitrogen and oxygen atoms in total. The number of pyridine rings is 1. The fourth-order valence-corrected chi connectivity index (χ4v) is 1.68. The molecule has 0 saturated carbocycles. The summed E-state index contributed by atoms with van der Waals surface area (Å²) in [5, 5.41) is 9.10. The maximum Gasteiger partial charge on any atom is 0.355 e. The summed E-state index contributed by atoms with van der Waals surface area (Å²) in [7, 11) is 1.15. The highest BCUT2D eigenvalue weighted by molar-refractivity contribution is 6.01. The lowest BCUT2D eigenvalue weighted by Gasteiger charge is -2.06. The molecular weight excluding hydrogens is 265 g/mol. The van der Waals surface area contributed by atoms with Gasteiger partial charge in [0.1, 0.15) is 5.82 Å². The number of benzene rings is 1. The van der Waals surface area contributed by atoms with Crippen molar-refractivity contribution >= 4 is 11.9 Å². The second-order valence-electron chi connectivity index (χ2n) is 3.90. The largest absolute Gasteiger partial charge is 0.476 e. The zero-order chi connectivity index (χ0) is 14.7. The molecule has 0 atom stereocenters. The van der Waals surface area contributed by atoms with Gasteiger partial charge in [0.05, 0.1) is 18.4 Å². The van der Waals surface area contributed by atoms with E-state index in [1.807, 2.05) is 0 Å². The van der Waals surface area contributed by atoms with E-state index in [0.29, 0.717) is 11.3 Å². The van der Waals surface area contributed by atoms with Crippen LogP contribution in [0.25, 0.3) is 11.3 Å². The highest BCUT2D eigenvalue weighted by atomic mass is 19.1. The van der Waals surface area contributed by atoms with Crippen LogP contribution in [-0.2, 0) is 4.74 Å². The lowest BCUT2D eigenvalue weighted by molar-refractivity contribution is 0.0580. The SMILES string of the molecule is COC(=O)c1ccc(-c2ccc(F)cc2)nc1C(=O)O. The minimum absolute atomic E-state index is 0.133. The van der Waals surface area contributed by atoms with E-state index in [0.717, 1.165) is 7.11 Å². The van der Waals surface area contributed by atoms with Crippen molar-refractivity contribution in [2.24, 2.45) is 0 Å². The third kappa shape index (κ3) is 2.64. The Bertz CT molecular complexity index is 667. The van der Waals surface area contributed by atoms with Crippen LogP contribution < -0.4 is 0 Å². The van der Waals surface area contributed by atoms with Gasteiger partial charge in [0, 0.05) is 5.56 Å². The standard InChI is InChI=1S/C14H10FNO4/c1-20-14(19)10-6-7-11(16-12(10)13(17)18)8-2-4-9(15)5-3-8/h2-7H,1H3,(H,17,18). The second kappa shape index (κ2) is 5.48. The Balaban J connectivity index is 2.52. The zero-order valence-corrected chi connectivity index (χ0v) is 10.5. The molecule has 0 aliphatic heterocycles. The maximum absolute atomic E-state index is 12.8. The van der Waals surface area contributed by atoms with Crippen LogP contribution >= 0.6 is 0 Å². The number of aromatic nitrogens is 1. The van der Waals surface area contributed by atoms with Gasteiger partial charge in [-0.05, 0) is 36.4 Å². The number of methoxy groups -OCH3 is 1. The summed E-state index contributed by atoms with van der Waals surface area (Å²) in [4.78, 5) is 26.5. The highest BCUT2D eigenvalue weighted by Crippen LogP contribution is 2.20. The molecule has 1 aromatic heterocycles. The van der Waals surface area contributed by atoms with Crippen molar-refractivity contribution in [3.05, 3.63) is 53.5 Å². The third-order valence-corrected chi connectivity index (χ3v) is 2.64. The van der Waals surface area contributed by atoms with E-state index >= 15 is 0 Å². The van der Waals surface area contributed by atoms with Crippen LogP contribution in [0.1, 0.15) is 20.8 Å². The van der Waals surface area contributed by atoms with E-state index in [2.05, 4.69) is 9.72 Å². The van der Waals surface area contributed by atoms with Crippen LogP contribution in [0.3, 0.4) is 0 Å². The molecule has 2 aromatic rings. The van der Waals surface area contributed by atoms with Crippen LogP contribution in [0.15, 0.2) is 36.4 Å². The van der Waals surface area contributed by atoms with E-state index in [4.69, 9.17) is 5.11 Å². The average molecular weight is 275 g/mol. The van der Waals surface area contributed by atoms with Gasteiger partial charge in [-0.2, -0.15) is 0 Å². The predicted molar refractivity (Wildman–Crippen MR) is 67.9 cm³/mol. The Labute approximate surface area is 113 Å². The minimum atomic E-state index is -1.34. The number of carbonyl (C=O) groups excluding carboxylic acids is 1. The van der Waals surface area contributed by atoms with Crippen molar-refractivity contribution in [1.29, 1.82) is 0 Å². The molecule has 0 unspecified atom stereocenters. The fourth-order valence-electron chi connectivity index (χ4n) is 1.68. The van der Waals surface area contributed by atoms with E-state index in [-0.39, 0.29) is 5.56 Å². The molecule has 0 bridgehead atoms. The number of halogens is 1. The highest BCUT2D eigenvalue weighted by Gasteiger charge is 2.19. The van der Waals surface area contributed by atoms with Crippen molar-refractivity contribution in [1.82, 2.24) is 4.98 Å². The zero-order valence-electron chi connectivity index (χ0n) is 10.5. The number of nitrogens with zero attached hydrogens (tertiary/aromatic N) is 1. The van der Waals surface area contributed by atoms with Crippen LogP contribution in [-0.4, -0.2) is 29.1 Å². The smallest absolute Gasteiger partial charge is 0.355 e. The molecule has 0 amide bonds. The van der Waals surface area contributed by atoms with Gasteiger partial charge in [-0.1, -0.05) is 0 Å². The number of hydrogen-bond donors (Lipinski definition) is 1. The minimum Gasteiger partial charge on any atom is -0.476 e. The van der Waals surface area contributed by atoms with Gasteiger partial charge >= 0.3 is 11.9 Å². The van der Waals surface area contributed by atoms with Crippen LogP contribution in [0.5, 0.6) is 0 Å². The lowest BCUT2D eigenvalue weighted by atomic mass is 10.1. The second-order valence-corrected chi connectivity index (χ2v) is 3.90. The van der Waals surface area contributed by atoms with Gasteiger partial charge in [0.2, 0.25) is 0 Å². The molecule has 1 aromatic carbocycles.